The topological polar surface area (TPSA) is 38.0 Å². The second kappa shape index (κ2) is 4.90. The fourth-order valence-electron chi connectivity index (χ4n) is 0.497. The molecule has 0 aliphatic rings. The molecule has 0 bridgehead atoms. The number of hydrogen-bond donors (Lipinski definition) is 2. The van der Waals surface area contributed by atoms with Gasteiger partial charge in [-0.05, 0) is 0 Å². The lowest BCUT2D eigenvalue weighted by atomic mass is 10.2. The third-order valence-corrected chi connectivity index (χ3v) is 0.960. The van der Waals surface area contributed by atoms with Crippen LogP contribution in [0.5, 0.6) is 0 Å². The van der Waals surface area contributed by atoms with Crippen LogP contribution in [-0.2, 0) is 0 Å². The lowest BCUT2D eigenvalue weighted by Gasteiger charge is -1.99. The summed E-state index contributed by atoms with van der Waals surface area (Å²) in [7, 11) is 0. The van der Waals surface area contributed by atoms with Crippen molar-refractivity contribution in [1.82, 2.24) is 5.43 Å². The Balaban J connectivity index is 4.11. The molecule has 56 valence electrons. The van der Waals surface area contributed by atoms with Crippen LogP contribution < -0.4 is 11.3 Å². The number of hydrazine groups is 1. The van der Waals surface area contributed by atoms with E-state index < -0.39 is 5.83 Å². The van der Waals surface area contributed by atoms with Crippen molar-refractivity contribution >= 4 is 0 Å². The maximum atomic E-state index is 12.3. The second-order valence-electron chi connectivity index (χ2n) is 1.71. The summed E-state index contributed by atoms with van der Waals surface area (Å²) in [6.45, 7) is 6.79. The van der Waals surface area contributed by atoms with E-state index in [0.717, 1.165) is 0 Å². The first-order chi connectivity index (χ1) is 4.72. The number of allylic oxidation sites excluding steroid dienone is 2. The summed E-state index contributed by atoms with van der Waals surface area (Å²) in [5.41, 5.74) is 2.73. The molecule has 3 heteroatoms. The summed E-state index contributed by atoms with van der Waals surface area (Å²) in [5.74, 6) is 4.48. The first-order valence-corrected chi connectivity index (χ1v) is 2.82. The molecule has 3 N–H and O–H groups in total. The molecule has 0 fully saturated rings. The molecular formula is C7H11FN2. The van der Waals surface area contributed by atoms with Crippen LogP contribution in [0.1, 0.15) is 0 Å². The van der Waals surface area contributed by atoms with Crippen LogP contribution in [0.4, 0.5) is 4.39 Å². The average molecular weight is 142 g/mol. The van der Waals surface area contributed by atoms with E-state index in [1.807, 2.05) is 0 Å². The molecule has 0 aromatic heterocycles. The third-order valence-electron chi connectivity index (χ3n) is 0.960. The normalized spacial score (nSPS) is 11.2. The highest BCUT2D eigenvalue weighted by Gasteiger charge is 1.97. The van der Waals surface area contributed by atoms with Gasteiger partial charge >= 0.3 is 0 Å². The Hall–Kier alpha value is -0.930. The van der Waals surface area contributed by atoms with E-state index in [4.69, 9.17) is 5.84 Å². The average Bonchev–Trinajstić information content (AvgIpc) is 1.87. The molecule has 2 nitrogen and oxygen atoms in total. The van der Waals surface area contributed by atoms with Crippen molar-refractivity contribution in [3.05, 3.63) is 36.7 Å². The summed E-state index contributed by atoms with van der Waals surface area (Å²) in [6.07, 6.45) is 3.00. The molecule has 0 radical (unpaired) electrons. The highest BCUT2D eigenvalue weighted by Crippen LogP contribution is 2.06. The van der Waals surface area contributed by atoms with E-state index in [9.17, 15) is 4.39 Å². The molecule has 0 spiro atoms. The van der Waals surface area contributed by atoms with E-state index in [-0.39, 0.29) is 6.54 Å². The minimum Gasteiger partial charge on any atom is -0.271 e. The third kappa shape index (κ3) is 3.17. The van der Waals surface area contributed by atoms with Crippen molar-refractivity contribution in [2.45, 2.75) is 0 Å². The van der Waals surface area contributed by atoms with Gasteiger partial charge in [-0.1, -0.05) is 25.3 Å². The van der Waals surface area contributed by atoms with Crippen molar-refractivity contribution in [2.75, 3.05) is 6.54 Å². The van der Waals surface area contributed by atoms with Crippen molar-refractivity contribution < 1.29 is 4.39 Å². The van der Waals surface area contributed by atoms with Crippen LogP contribution in [0.2, 0.25) is 0 Å². The fraction of sp³-hybridized carbons (Fsp3) is 0.143. The molecule has 0 aliphatic carbocycles. The van der Waals surface area contributed by atoms with Gasteiger partial charge < -0.3 is 0 Å². The van der Waals surface area contributed by atoms with Crippen LogP contribution in [0.25, 0.3) is 0 Å². The van der Waals surface area contributed by atoms with E-state index in [0.29, 0.717) is 5.57 Å². The molecule has 0 rings (SSSR count). The molecule has 0 saturated carbocycles. The molecule has 0 aromatic carbocycles. The summed E-state index contributed by atoms with van der Waals surface area (Å²) in [4.78, 5) is 0. The summed E-state index contributed by atoms with van der Waals surface area (Å²) in [5, 5.41) is 0. The number of halogens is 1. The number of hydrogen-bond acceptors (Lipinski definition) is 2. The Morgan fingerprint density at radius 3 is 2.60 bits per heavy atom. The van der Waals surface area contributed by atoms with E-state index in [1.54, 1.807) is 0 Å². The monoisotopic (exact) mass is 142 g/mol. The predicted molar refractivity (Wildman–Crippen MR) is 40.7 cm³/mol. The molecule has 0 saturated heterocycles. The van der Waals surface area contributed by atoms with Gasteiger partial charge in [0.25, 0.3) is 0 Å². The predicted octanol–water partition coefficient (Wildman–Crippen LogP) is 1.05. The highest BCUT2D eigenvalue weighted by atomic mass is 19.1. The minimum absolute atomic E-state index is 0.265. The van der Waals surface area contributed by atoms with Crippen LogP contribution in [0.3, 0.4) is 0 Å². The van der Waals surface area contributed by atoms with Gasteiger partial charge in [0.15, 0.2) is 0 Å². The summed E-state index contributed by atoms with van der Waals surface area (Å²) in [6, 6.07) is 0. The second-order valence-corrected chi connectivity index (χ2v) is 1.71. The van der Waals surface area contributed by atoms with Crippen molar-refractivity contribution in [1.29, 1.82) is 0 Å². The van der Waals surface area contributed by atoms with Gasteiger partial charge in [-0.25, -0.2) is 4.39 Å². The van der Waals surface area contributed by atoms with Crippen LogP contribution in [-0.4, -0.2) is 6.54 Å². The van der Waals surface area contributed by atoms with E-state index in [1.165, 1.54) is 12.2 Å². The Morgan fingerprint density at radius 2 is 2.30 bits per heavy atom. The summed E-state index contributed by atoms with van der Waals surface area (Å²) >= 11 is 0. The quantitative estimate of drug-likeness (QED) is 0.350. The molecule has 0 aliphatic heterocycles. The molecule has 0 amide bonds. The zero-order chi connectivity index (χ0) is 7.98. The number of nitrogens with two attached hydrogens (primary N) is 1. The molecule has 0 heterocycles. The molecule has 0 atom stereocenters. The Bertz CT molecular complexity index is 161. The number of nitrogens with one attached hydrogen (secondary N) is 1. The minimum atomic E-state index is -0.488. The maximum Gasteiger partial charge on any atom is 0.120 e. The smallest absolute Gasteiger partial charge is 0.120 e. The number of rotatable bonds is 4. The Morgan fingerprint density at radius 1 is 1.70 bits per heavy atom. The Labute approximate surface area is 59.9 Å². The first-order valence-electron chi connectivity index (χ1n) is 2.82. The standard InChI is InChI=1S/C7H11FN2/c1-3-4-7(5-10-9)6(2)8/h3-4,10H,1-2,5,9H2/b7-4-. The molecule has 0 unspecified atom stereocenters. The zero-order valence-electron chi connectivity index (χ0n) is 5.73. The van der Waals surface area contributed by atoms with Crippen LogP contribution >= 0.6 is 0 Å². The van der Waals surface area contributed by atoms with Gasteiger partial charge in [0.2, 0.25) is 0 Å². The van der Waals surface area contributed by atoms with Gasteiger partial charge in [-0.3, -0.25) is 11.3 Å². The van der Waals surface area contributed by atoms with Gasteiger partial charge in [0.1, 0.15) is 5.83 Å². The SMILES string of the molecule is C=C/C=C(/CNN)C(=C)F. The van der Waals surface area contributed by atoms with Gasteiger partial charge in [-0.15, -0.1) is 0 Å². The lowest BCUT2D eigenvalue weighted by Crippen LogP contribution is -2.24. The van der Waals surface area contributed by atoms with Crippen molar-refractivity contribution in [3.63, 3.8) is 0 Å². The summed E-state index contributed by atoms with van der Waals surface area (Å²) < 4.78 is 12.3. The van der Waals surface area contributed by atoms with Crippen molar-refractivity contribution in [3.8, 4) is 0 Å². The Kier molecular flexibility index (Phi) is 4.45. The first kappa shape index (κ1) is 9.07. The lowest BCUT2D eigenvalue weighted by molar-refractivity contribution is 0.636. The fourth-order valence-corrected chi connectivity index (χ4v) is 0.497. The van der Waals surface area contributed by atoms with E-state index >= 15 is 0 Å². The van der Waals surface area contributed by atoms with Gasteiger partial charge in [-0.2, -0.15) is 0 Å². The maximum absolute atomic E-state index is 12.3. The van der Waals surface area contributed by atoms with Crippen LogP contribution in [0.15, 0.2) is 36.7 Å². The van der Waals surface area contributed by atoms with Crippen LogP contribution in [0, 0.1) is 0 Å². The van der Waals surface area contributed by atoms with E-state index in [2.05, 4.69) is 18.6 Å². The highest BCUT2D eigenvalue weighted by molar-refractivity contribution is 5.27. The largest absolute Gasteiger partial charge is 0.271 e. The molecule has 10 heavy (non-hydrogen) atoms. The molecule has 0 aromatic rings. The van der Waals surface area contributed by atoms with Gasteiger partial charge in [0, 0.05) is 12.1 Å². The van der Waals surface area contributed by atoms with Gasteiger partial charge in [0.05, 0.1) is 0 Å². The molecular weight excluding hydrogens is 131 g/mol. The zero-order valence-corrected chi connectivity index (χ0v) is 5.73. The van der Waals surface area contributed by atoms with Crippen molar-refractivity contribution in [2.24, 2.45) is 5.84 Å².